The molecule has 0 spiro atoms. The van der Waals surface area contributed by atoms with E-state index in [1.54, 1.807) is 24.3 Å². The molecule has 0 bridgehead atoms. The van der Waals surface area contributed by atoms with Gasteiger partial charge in [0.25, 0.3) is 0 Å². The first-order chi connectivity index (χ1) is 14.2. The number of rotatable bonds is 11. The average Bonchev–Trinajstić information content (AvgIpc) is 2.67. The van der Waals surface area contributed by atoms with E-state index in [-0.39, 0.29) is 30.0 Å². The average molecular weight is 473 g/mol. The highest BCUT2D eigenvalue weighted by atomic mass is 35.5. The quantitative estimate of drug-likeness (QED) is 0.499. The summed E-state index contributed by atoms with van der Waals surface area (Å²) in [6.07, 6.45) is 0.765. The van der Waals surface area contributed by atoms with Gasteiger partial charge in [-0.15, -0.1) is 0 Å². The first kappa shape index (κ1) is 24.6. The summed E-state index contributed by atoms with van der Waals surface area (Å²) in [5.41, 5.74) is 0.679. The second-order valence-electron chi connectivity index (χ2n) is 6.98. The molecule has 2 aromatic rings. The van der Waals surface area contributed by atoms with E-state index in [4.69, 9.17) is 27.9 Å². The molecule has 0 aliphatic carbocycles. The van der Waals surface area contributed by atoms with Gasteiger partial charge in [0.1, 0.15) is 0 Å². The van der Waals surface area contributed by atoms with Crippen LogP contribution in [0.4, 0.5) is 0 Å². The van der Waals surface area contributed by atoms with Crippen molar-refractivity contribution < 1.29 is 17.9 Å². The number of amides is 1. The van der Waals surface area contributed by atoms with Crippen LogP contribution in [0.1, 0.15) is 25.8 Å². The SMILES string of the molecule is CC(C)OCCCNC(=O)CN(Cc1cccc(Cl)c1)S(=O)(=O)c1ccc(Cl)cc1. The summed E-state index contributed by atoms with van der Waals surface area (Å²) in [5.74, 6) is -0.390. The van der Waals surface area contributed by atoms with Gasteiger partial charge in [-0.25, -0.2) is 8.42 Å². The predicted octanol–water partition coefficient (Wildman–Crippen LogP) is 4.12. The van der Waals surface area contributed by atoms with Crippen molar-refractivity contribution in [3.05, 3.63) is 64.1 Å². The Kier molecular flexibility index (Phi) is 9.58. The van der Waals surface area contributed by atoms with Crippen molar-refractivity contribution in [2.45, 2.75) is 37.8 Å². The molecule has 2 aromatic carbocycles. The molecule has 1 N–H and O–H groups in total. The molecule has 0 saturated carbocycles. The lowest BCUT2D eigenvalue weighted by Crippen LogP contribution is -2.40. The topological polar surface area (TPSA) is 75.7 Å². The van der Waals surface area contributed by atoms with Crippen LogP contribution in [0.25, 0.3) is 0 Å². The Bertz CT molecular complexity index is 934. The Morgan fingerprint density at radius 2 is 1.80 bits per heavy atom. The maximum absolute atomic E-state index is 13.2. The van der Waals surface area contributed by atoms with Crippen LogP contribution in [0.15, 0.2) is 53.4 Å². The molecule has 9 heteroatoms. The minimum Gasteiger partial charge on any atom is -0.379 e. The highest BCUT2D eigenvalue weighted by Gasteiger charge is 2.27. The maximum atomic E-state index is 13.2. The monoisotopic (exact) mass is 472 g/mol. The number of hydrogen-bond donors (Lipinski definition) is 1. The zero-order valence-electron chi connectivity index (χ0n) is 17.0. The van der Waals surface area contributed by atoms with Crippen LogP contribution >= 0.6 is 23.2 Å². The highest BCUT2D eigenvalue weighted by Crippen LogP contribution is 2.21. The number of ether oxygens (including phenoxy) is 1. The Morgan fingerprint density at radius 3 is 2.43 bits per heavy atom. The third-order valence-electron chi connectivity index (χ3n) is 4.11. The summed E-state index contributed by atoms with van der Waals surface area (Å²) >= 11 is 11.9. The molecule has 0 saturated heterocycles. The van der Waals surface area contributed by atoms with Crippen LogP contribution in [0.5, 0.6) is 0 Å². The van der Waals surface area contributed by atoms with Gasteiger partial charge >= 0.3 is 0 Å². The van der Waals surface area contributed by atoms with Crippen molar-refractivity contribution in [1.82, 2.24) is 9.62 Å². The zero-order valence-corrected chi connectivity index (χ0v) is 19.3. The fourth-order valence-corrected chi connectivity index (χ4v) is 4.38. The second-order valence-corrected chi connectivity index (χ2v) is 9.79. The summed E-state index contributed by atoms with van der Waals surface area (Å²) in [7, 11) is -3.92. The van der Waals surface area contributed by atoms with Crippen molar-refractivity contribution >= 4 is 39.1 Å². The third-order valence-corrected chi connectivity index (χ3v) is 6.41. The highest BCUT2D eigenvalue weighted by molar-refractivity contribution is 7.89. The normalized spacial score (nSPS) is 11.8. The number of sulfonamides is 1. The van der Waals surface area contributed by atoms with Crippen LogP contribution < -0.4 is 5.32 Å². The number of carbonyl (C=O) groups is 1. The summed E-state index contributed by atoms with van der Waals surface area (Å²) in [6, 6.07) is 12.7. The summed E-state index contributed by atoms with van der Waals surface area (Å²) in [5, 5.41) is 3.66. The molecule has 164 valence electrons. The molecule has 2 rings (SSSR count). The Labute approximate surface area is 188 Å². The molecule has 0 fully saturated rings. The summed E-state index contributed by atoms with van der Waals surface area (Å²) < 4.78 is 32.9. The molecule has 30 heavy (non-hydrogen) atoms. The predicted molar refractivity (Wildman–Crippen MR) is 119 cm³/mol. The fourth-order valence-electron chi connectivity index (χ4n) is 2.66. The standard InChI is InChI=1S/C21H26Cl2N2O4S/c1-16(2)29-12-4-11-24-21(26)15-25(14-17-5-3-6-19(23)13-17)30(27,28)20-9-7-18(22)8-10-20/h3,5-10,13,16H,4,11-12,14-15H2,1-2H3,(H,24,26). The minimum atomic E-state index is -3.92. The number of nitrogens with zero attached hydrogens (tertiary/aromatic N) is 1. The molecule has 0 atom stereocenters. The van der Waals surface area contributed by atoms with Gasteiger partial charge in [0.2, 0.25) is 15.9 Å². The molecule has 6 nitrogen and oxygen atoms in total. The third kappa shape index (κ3) is 7.89. The smallest absolute Gasteiger partial charge is 0.243 e. The van der Waals surface area contributed by atoms with Crippen molar-refractivity contribution in [2.24, 2.45) is 0 Å². The van der Waals surface area contributed by atoms with Crippen LogP contribution in [0, 0.1) is 0 Å². The van der Waals surface area contributed by atoms with Crippen molar-refractivity contribution in [1.29, 1.82) is 0 Å². The largest absolute Gasteiger partial charge is 0.379 e. The number of hydrogen-bond acceptors (Lipinski definition) is 4. The van der Waals surface area contributed by atoms with Gasteiger partial charge < -0.3 is 10.1 Å². The Balaban J connectivity index is 2.13. The summed E-state index contributed by atoms with van der Waals surface area (Å²) in [6.45, 7) is 4.49. The van der Waals surface area contributed by atoms with Crippen LogP contribution in [-0.4, -0.2) is 44.4 Å². The molecule has 0 radical (unpaired) electrons. The van der Waals surface area contributed by atoms with Gasteiger partial charge in [-0.3, -0.25) is 4.79 Å². The molecule has 0 aliphatic heterocycles. The van der Waals surface area contributed by atoms with E-state index < -0.39 is 10.0 Å². The molecule has 0 unspecified atom stereocenters. The molecular weight excluding hydrogens is 447 g/mol. The Hall–Kier alpha value is -1.64. The zero-order chi connectivity index (χ0) is 22.1. The number of benzene rings is 2. The lowest BCUT2D eigenvalue weighted by molar-refractivity contribution is -0.121. The molecule has 0 aliphatic rings. The van der Waals surface area contributed by atoms with Gasteiger partial charge in [-0.05, 0) is 62.2 Å². The first-order valence-corrected chi connectivity index (χ1v) is 11.8. The van der Waals surface area contributed by atoms with Crippen LogP contribution in [-0.2, 0) is 26.1 Å². The van der Waals surface area contributed by atoms with Gasteiger partial charge in [-0.1, -0.05) is 35.3 Å². The van der Waals surface area contributed by atoms with Crippen molar-refractivity contribution in [2.75, 3.05) is 19.7 Å². The van der Waals surface area contributed by atoms with E-state index in [9.17, 15) is 13.2 Å². The lowest BCUT2D eigenvalue weighted by Gasteiger charge is -2.22. The lowest BCUT2D eigenvalue weighted by atomic mass is 10.2. The Morgan fingerprint density at radius 1 is 1.10 bits per heavy atom. The minimum absolute atomic E-state index is 0.00933. The van der Waals surface area contributed by atoms with Gasteiger partial charge in [0, 0.05) is 29.7 Å². The fraction of sp³-hybridized carbons (Fsp3) is 0.381. The van der Waals surface area contributed by atoms with Crippen LogP contribution in [0.3, 0.4) is 0 Å². The van der Waals surface area contributed by atoms with Gasteiger partial charge in [0.15, 0.2) is 0 Å². The first-order valence-electron chi connectivity index (χ1n) is 9.57. The van der Waals surface area contributed by atoms with Gasteiger partial charge in [-0.2, -0.15) is 4.31 Å². The van der Waals surface area contributed by atoms with Crippen molar-refractivity contribution in [3.8, 4) is 0 Å². The number of nitrogens with one attached hydrogen (secondary N) is 1. The molecule has 1 amide bonds. The maximum Gasteiger partial charge on any atom is 0.243 e. The second kappa shape index (κ2) is 11.7. The molecule has 0 aromatic heterocycles. The molecule has 0 heterocycles. The van der Waals surface area contributed by atoms with E-state index in [0.29, 0.717) is 35.2 Å². The van der Waals surface area contributed by atoms with Crippen LogP contribution in [0.2, 0.25) is 10.0 Å². The number of carbonyl (C=O) groups excluding carboxylic acids is 1. The molecular formula is C21H26Cl2N2O4S. The number of halogens is 2. The van der Waals surface area contributed by atoms with E-state index in [1.807, 2.05) is 13.8 Å². The van der Waals surface area contributed by atoms with Gasteiger partial charge in [0.05, 0.1) is 17.5 Å². The van der Waals surface area contributed by atoms with E-state index in [0.717, 1.165) is 4.31 Å². The van der Waals surface area contributed by atoms with E-state index >= 15 is 0 Å². The van der Waals surface area contributed by atoms with E-state index in [1.165, 1.54) is 24.3 Å². The van der Waals surface area contributed by atoms with E-state index in [2.05, 4.69) is 5.32 Å². The van der Waals surface area contributed by atoms with Crippen molar-refractivity contribution in [3.63, 3.8) is 0 Å². The summed E-state index contributed by atoms with van der Waals surface area (Å²) in [4.78, 5) is 12.5.